The highest BCUT2D eigenvalue weighted by Gasteiger charge is 2.20. The number of aromatic nitrogens is 2. The fraction of sp³-hybridized carbons (Fsp3) is 0.500. The van der Waals surface area contributed by atoms with Gasteiger partial charge in [-0.15, -0.1) is 0 Å². The Hall–Kier alpha value is -2.50. The standard InChI is InChI=1S/C20H27N5O/c1-26-18-7-5-17(6-8-18)23-13-15-25(16-14-23)20-21-10-9-19(22-20)24-11-3-2-4-12-24/h5-10H,2-4,11-16H2,1H3. The van der Waals surface area contributed by atoms with Gasteiger partial charge < -0.3 is 19.4 Å². The third kappa shape index (κ3) is 3.69. The van der Waals surface area contributed by atoms with Crippen LogP contribution in [-0.2, 0) is 0 Å². The third-order valence-corrected chi connectivity index (χ3v) is 5.31. The summed E-state index contributed by atoms with van der Waals surface area (Å²) >= 11 is 0. The molecule has 4 rings (SSSR count). The van der Waals surface area contributed by atoms with Crippen molar-refractivity contribution in [1.82, 2.24) is 9.97 Å². The Kier molecular flexibility index (Phi) is 5.09. The number of piperidine rings is 1. The predicted octanol–water partition coefficient (Wildman–Crippen LogP) is 2.80. The fourth-order valence-corrected chi connectivity index (χ4v) is 3.75. The van der Waals surface area contributed by atoms with Crippen LogP contribution in [0.2, 0.25) is 0 Å². The van der Waals surface area contributed by atoms with E-state index in [0.29, 0.717) is 0 Å². The van der Waals surface area contributed by atoms with E-state index in [-0.39, 0.29) is 0 Å². The Labute approximate surface area is 155 Å². The summed E-state index contributed by atoms with van der Waals surface area (Å²) in [6, 6.07) is 10.3. The van der Waals surface area contributed by atoms with E-state index >= 15 is 0 Å². The van der Waals surface area contributed by atoms with Crippen LogP contribution in [0.25, 0.3) is 0 Å². The second-order valence-electron chi connectivity index (χ2n) is 6.93. The molecule has 0 spiro atoms. The predicted molar refractivity (Wildman–Crippen MR) is 106 cm³/mol. The number of hydrogen-bond donors (Lipinski definition) is 0. The molecule has 0 aliphatic carbocycles. The fourth-order valence-electron chi connectivity index (χ4n) is 3.75. The van der Waals surface area contributed by atoms with Gasteiger partial charge in [-0.2, -0.15) is 4.98 Å². The minimum atomic E-state index is 0.863. The van der Waals surface area contributed by atoms with Crippen molar-refractivity contribution in [1.29, 1.82) is 0 Å². The van der Waals surface area contributed by atoms with Crippen LogP contribution >= 0.6 is 0 Å². The van der Waals surface area contributed by atoms with Gasteiger partial charge in [0.15, 0.2) is 0 Å². The van der Waals surface area contributed by atoms with Crippen molar-refractivity contribution in [3.8, 4) is 5.75 Å². The van der Waals surface area contributed by atoms with Crippen molar-refractivity contribution < 1.29 is 4.74 Å². The first-order valence-corrected chi connectivity index (χ1v) is 9.55. The van der Waals surface area contributed by atoms with E-state index in [2.05, 4.69) is 31.8 Å². The normalized spacial score (nSPS) is 18.1. The van der Waals surface area contributed by atoms with Crippen LogP contribution < -0.4 is 19.4 Å². The summed E-state index contributed by atoms with van der Waals surface area (Å²) in [6.45, 7) is 6.06. The number of benzene rings is 1. The molecule has 0 bridgehead atoms. The van der Waals surface area contributed by atoms with Gasteiger partial charge in [-0.25, -0.2) is 4.98 Å². The van der Waals surface area contributed by atoms with Crippen LogP contribution in [0.15, 0.2) is 36.5 Å². The zero-order valence-electron chi connectivity index (χ0n) is 15.5. The van der Waals surface area contributed by atoms with Gasteiger partial charge in [0, 0.05) is 51.2 Å². The number of nitrogens with zero attached hydrogens (tertiary/aromatic N) is 5. The summed E-state index contributed by atoms with van der Waals surface area (Å²) < 4.78 is 5.25. The molecule has 0 atom stereocenters. The van der Waals surface area contributed by atoms with Crippen LogP contribution in [0.3, 0.4) is 0 Å². The quantitative estimate of drug-likeness (QED) is 0.842. The lowest BCUT2D eigenvalue weighted by atomic mass is 10.1. The van der Waals surface area contributed by atoms with E-state index in [1.54, 1.807) is 7.11 Å². The van der Waals surface area contributed by atoms with Gasteiger partial charge in [-0.05, 0) is 49.6 Å². The van der Waals surface area contributed by atoms with E-state index in [1.165, 1.54) is 24.9 Å². The molecule has 0 saturated carbocycles. The third-order valence-electron chi connectivity index (χ3n) is 5.31. The average molecular weight is 353 g/mol. The molecule has 0 radical (unpaired) electrons. The van der Waals surface area contributed by atoms with Crippen molar-refractivity contribution >= 4 is 17.5 Å². The van der Waals surface area contributed by atoms with Gasteiger partial charge in [0.1, 0.15) is 11.6 Å². The first kappa shape index (κ1) is 16.9. The summed E-state index contributed by atoms with van der Waals surface area (Å²) in [5, 5.41) is 0. The molecule has 3 heterocycles. The van der Waals surface area contributed by atoms with Gasteiger partial charge in [0.25, 0.3) is 0 Å². The smallest absolute Gasteiger partial charge is 0.227 e. The van der Waals surface area contributed by atoms with Crippen molar-refractivity contribution in [3.63, 3.8) is 0 Å². The minimum Gasteiger partial charge on any atom is -0.497 e. The van der Waals surface area contributed by atoms with Crippen LogP contribution in [0.1, 0.15) is 19.3 Å². The average Bonchev–Trinajstić information content (AvgIpc) is 2.75. The van der Waals surface area contributed by atoms with Gasteiger partial charge in [-0.1, -0.05) is 0 Å². The highest BCUT2D eigenvalue weighted by molar-refractivity contribution is 5.51. The van der Waals surface area contributed by atoms with Gasteiger partial charge in [0.05, 0.1) is 7.11 Å². The topological polar surface area (TPSA) is 44.7 Å². The number of anilines is 3. The molecule has 0 amide bonds. The number of methoxy groups -OCH3 is 1. The maximum Gasteiger partial charge on any atom is 0.227 e. The molecular weight excluding hydrogens is 326 g/mol. The number of hydrogen-bond acceptors (Lipinski definition) is 6. The Morgan fingerprint density at radius 3 is 2.15 bits per heavy atom. The molecular formula is C20H27N5O. The van der Waals surface area contributed by atoms with E-state index in [9.17, 15) is 0 Å². The molecule has 2 aliphatic heterocycles. The molecule has 6 nitrogen and oxygen atoms in total. The summed E-state index contributed by atoms with van der Waals surface area (Å²) in [4.78, 5) is 16.5. The van der Waals surface area contributed by atoms with Crippen LogP contribution in [0.4, 0.5) is 17.5 Å². The minimum absolute atomic E-state index is 0.863. The molecule has 6 heteroatoms. The maximum atomic E-state index is 5.25. The second kappa shape index (κ2) is 7.81. The lowest BCUT2D eigenvalue weighted by Gasteiger charge is -2.36. The lowest BCUT2D eigenvalue weighted by Crippen LogP contribution is -2.47. The summed E-state index contributed by atoms with van der Waals surface area (Å²) in [7, 11) is 1.70. The van der Waals surface area contributed by atoms with Crippen molar-refractivity contribution in [2.45, 2.75) is 19.3 Å². The monoisotopic (exact) mass is 353 g/mol. The molecule has 0 N–H and O–H groups in total. The molecule has 2 fully saturated rings. The Morgan fingerprint density at radius 2 is 1.46 bits per heavy atom. The van der Waals surface area contributed by atoms with Crippen LogP contribution in [-0.4, -0.2) is 56.3 Å². The SMILES string of the molecule is COc1ccc(N2CCN(c3nccc(N4CCCCC4)n3)CC2)cc1. The van der Waals surface area contributed by atoms with E-state index in [4.69, 9.17) is 9.72 Å². The first-order valence-electron chi connectivity index (χ1n) is 9.55. The van der Waals surface area contributed by atoms with Gasteiger partial charge >= 0.3 is 0 Å². The zero-order valence-corrected chi connectivity index (χ0v) is 15.5. The second-order valence-corrected chi connectivity index (χ2v) is 6.93. The van der Waals surface area contributed by atoms with Crippen LogP contribution in [0, 0.1) is 0 Å². The maximum absolute atomic E-state index is 5.25. The molecule has 0 unspecified atom stereocenters. The summed E-state index contributed by atoms with van der Waals surface area (Å²) in [5.41, 5.74) is 1.24. The molecule has 1 aromatic carbocycles. The van der Waals surface area contributed by atoms with E-state index < -0.39 is 0 Å². The van der Waals surface area contributed by atoms with Crippen LogP contribution in [0.5, 0.6) is 5.75 Å². The highest BCUT2D eigenvalue weighted by atomic mass is 16.5. The molecule has 26 heavy (non-hydrogen) atoms. The number of ether oxygens (including phenoxy) is 1. The Morgan fingerprint density at radius 1 is 0.769 bits per heavy atom. The van der Waals surface area contributed by atoms with Crippen molar-refractivity contribution in [2.75, 3.05) is 61.1 Å². The first-order chi connectivity index (χ1) is 12.8. The zero-order chi connectivity index (χ0) is 17.8. The Balaban J connectivity index is 1.39. The number of rotatable bonds is 4. The van der Waals surface area contributed by atoms with Gasteiger partial charge in [-0.3, -0.25) is 0 Å². The van der Waals surface area contributed by atoms with Crippen molar-refractivity contribution in [2.24, 2.45) is 0 Å². The highest BCUT2D eigenvalue weighted by Crippen LogP contribution is 2.23. The largest absolute Gasteiger partial charge is 0.497 e. The summed E-state index contributed by atoms with van der Waals surface area (Å²) in [5.74, 6) is 2.84. The number of piperazine rings is 1. The van der Waals surface area contributed by atoms with E-state index in [0.717, 1.165) is 56.8 Å². The van der Waals surface area contributed by atoms with Crippen molar-refractivity contribution in [3.05, 3.63) is 36.5 Å². The molecule has 2 saturated heterocycles. The summed E-state index contributed by atoms with van der Waals surface area (Å²) in [6.07, 6.45) is 5.77. The van der Waals surface area contributed by atoms with E-state index in [1.807, 2.05) is 24.4 Å². The molecule has 2 aromatic rings. The molecule has 1 aromatic heterocycles. The molecule has 2 aliphatic rings. The van der Waals surface area contributed by atoms with Gasteiger partial charge in [0.2, 0.25) is 5.95 Å². The lowest BCUT2D eigenvalue weighted by molar-refractivity contribution is 0.415. The Bertz CT molecular complexity index is 706. The molecule has 138 valence electrons.